The molecule has 0 spiro atoms. The van der Waals surface area contributed by atoms with E-state index < -0.39 is 23.5 Å². The van der Waals surface area contributed by atoms with Gasteiger partial charge in [0.1, 0.15) is 5.75 Å². The van der Waals surface area contributed by atoms with Gasteiger partial charge < -0.3 is 4.74 Å². The molecule has 0 fully saturated rings. The van der Waals surface area contributed by atoms with E-state index in [9.17, 15) is 18.0 Å². The van der Waals surface area contributed by atoms with Crippen LogP contribution in [0.4, 0.5) is 13.2 Å². The summed E-state index contributed by atoms with van der Waals surface area (Å²) in [5.41, 5.74) is -0.840. The molecule has 6 heteroatoms. The third-order valence-electron chi connectivity index (χ3n) is 2.54. The zero-order chi connectivity index (χ0) is 15.6. The number of hydrogen-bond donors (Lipinski definition) is 1. The highest BCUT2D eigenvalue weighted by Gasteiger charge is 2.46. The predicted octanol–water partition coefficient (Wildman–Crippen LogP) is 3.20. The molecule has 0 aliphatic rings. The minimum atomic E-state index is -4.65. The Morgan fingerprint density at radius 2 is 1.65 bits per heavy atom. The summed E-state index contributed by atoms with van der Waals surface area (Å²) >= 11 is 0. The van der Waals surface area contributed by atoms with Crippen molar-refractivity contribution in [1.82, 2.24) is 5.32 Å². The molecule has 1 N–H and O–H groups in total. The van der Waals surface area contributed by atoms with Crippen LogP contribution >= 0.6 is 0 Å². The molecule has 3 nitrogen and oxygen atoms in total. The summed E-state index contributed by atoms with van der Waals surface area (Å²) in [5, 5.41) is 2.32. The van der Waals surface area contributed by atoms with Crippen LogP contribution in [-0.4, -0.2) is 30.7 Å². The summed E-state index contributed by atoms with van der Waals surface area (Å²) in [6, 6.07) is 3.33. The number of ketones is 1. The largest absolute Gasteiger partial charge is 0.497 e. The van der Waals surface area contributed by atoms with Gasteiger partial charge in [0.05, 0.1) is 7.11 Å². The number of carbonyl (C=O) groups is 1. The Labute approximate surface area is 116 Å². The van der Waals surface area contributed by atoms with E-state index in [0.29, 0.717) is 5.75 Å². The van der Waals surface area contributed by atoms with E-state index in [2.05, 4.69) is 5.32 Å². The Morgan fingerprint density at radius 1 is 1.15 bits per heavy atom. The Kier molecular flexibility index (Phi) is 4.81. The van der Waals surface area contributed by atoms with Crippen molar-refractivity contribution >= 4 is 5.78 Å². The molecule has 1 unspecified atom stereocenters. The third-order valence-corrected chi connectivity index (χ3v) is 2.54. The molecule has 0 heterocycles. The first-order chi connectivity index (χ1) is 9.04. The van der Waals surface area contributed by atoms with Crippen molar-refractivity contribution < 1.29 is 22.7 Å². The highest BCUT2D eigenvalue weighted by molar-refractivity contribution is 6.00. The second kappa shape index (κ2) is 5.83. The summed E-state index contributed by atoms with van der Waals surface area (Å²) in [5.74, 6) is -0.524. The van der Waals surface area contributed by atoms with Gasteiger partial charge in [-0.05, 0) is 45.0 Å². The second-order valence-electron chi connectivity index (χ2n) is 5.46. The normalized spacial score (nSPS) is 13.9. The quantitative estimate of drug-likeness (QED) is 0.865. The zero-order valence-corrected chi connectivity index (χ0v) is 11.8. The fourth-order valence-corrected chi connectivity index (χ4v) is 1.65. The molecule has 1 aromatic carbocycles. The van der Waals surface area contributed by atoms with E-state index in [1.165, 1.54) is 31.4 Å². The lowest BCUT2D eigenvalue weighted by Crippen LogP contribution is -2.55. The smallest absolute Gasteiger partial charge is 0.411 e. The minimum absolute atomic E-state index is 0.00937. The molecule has 0 saturated heterocycles. The lowest BCUT2D eigenvalue weighted by atomic mass is 9.99. The highest BCUT2D eigenvalue weighted by atomic mass is 19.4. The maximum Gasteiger partial charge on any atom is 0.411 e. The number of rotatable bonds is 4. The van der Waals surface area contributed by atoms with Gasteiger partial charge in [-0.25, -0.2) is 0 Å². The summed E-state index contributed by atoms with van der Waals surface area (Å²) in [6.45, 7) is 4.73. The third kappa shape index (κ3) is 4.52. The number of nitrogens with one attached hydrogen (secondary N) is 1. The van der Waals surface area contributed by atoms with E-state index >= 15 is 0 Å². The average Bonchev–Trinajstić information content (AvgIpc) is 2.33. The van der Waals surface area contributed by atoms with Crippen LogP contribution in [0, 0.1) is 0 Å². The number of alkyl halides is 3. The Morgan fingerprint density at radius 3 is 2.00 bits per heavy atom. The number of hydrogen-bond acceptors (Lipinski definition) is 3. The molecule has 112 valence electrons. The first kappa shape index (κ1) is 16.5. The van der Waals surface area contributed by atoms with Gasteiger partial charge in [-0.15, -0.1) is 0 Å². The summed E-state index contributed by atoms with van der Waals surface area (Å²) < 4.78 is 44.0. The van der Waals surface area contributed by atoms with Crippen LogP contribution in [-0.2, 0) is 0 Å². The van der Waals surface area contributed by atoms with Crippen molar-refractivity contribution in [2.24, 2.45) is 0 Å². The van der Waals surface area contributed by atoms with E-state index in [1.54, 1.807) is 20.8 Å². The molecular weight excluding hydrogens is 271 g/mol. The first-order valence-corrected chi connectivity index (χ1v) is 6.07. The Hall–Kier alpha value is -1.56. The van der Waals surface area contributed by atoms with Crippen LogP contribution in [0.2, 0.25) is 0 Å². The van der Waals surface area contributed by atoms with Crippen LogP contribution in [0.5, 0.6) is 5.75 Å². The molecule has 0 saturated carbocycles. The number of ether oxygens (including phenoxy) is 1. The van der Waals surface area contributed by atoms with Crippen LogP contribution in [0.3, 0.4) is 0 Å². The lowest BCUT2D eigenvalue weighted by molar-refractivity contribution is -0.147. The van der Waals surface area contributed by atoms with Gasteiger partial charge in [0, 0.05) is 11.1 Å². The number of benzene rings is 1. The SMILES string of the molecule is COc1ccc(C(=O)C(NC(C)(C)C)C(F)(F)F)cc1. The van der Waals surface area contributed by atoms with E-state index in [1.807, 2.05) is 0 Å². The molecule has 20 heavy (non-hydrogen) atoms. The number of carbonyl (C=O) groups excluding carboxylic acids is 1. The van der Waals surface area contributed by atoms with Crippen molar-refractivity contribution in [2.45, 2.75) is 38.5 Å². The molecule has 0 aromatic heterocycles. The number of methoxy groups -OCH3 is 1. The van der Waals surface area contributed by atoms with Gasteiger partial charge in [-0.1, -0.05) is 0 Å². The summed E-state index contributed by atoms with van der Waals surface area (Å²) in [6.07, 6.45) is -4.65. The summed E-state index contributed by atoms with van der Waals surface area (Å²) in [4.78, 5) is 12.0. The standard InChI is InChI=1S/C14H18F3NO2/c1-13(2,3)18-12(14(15,16)17)11(19)9-5-7-10(20-4)8-6-9/h5-8,12,18H,1-4H3. The van der Waals surface area contributed by atoms with Gasteiger partial charge >= 0.3 is 6.18 Å². The van der Waals surface area contributed by atoms with E-state index in [-0.39, 0.29) is 5.56 Å². The monoisotopic (exact) mass is 289 g/mol. The van der Waals surface area contributed by atoms with Crippen molar-refractivity contribution in [3.05, 3.63) is 29.8 Å². The maximum absolute atomic E-state index is 13.0. The fraction of sp³-hybridized carbons (Fsp3) is 0.500. The van der Waals surface area contributed by atoms with Gasteiger partial charge in [-0.2, -0.15) is 13.2 Å². The molecule has 0 aliphatic carbocycles. The molecule has 0 radical (unpaired) electrons. The van der Waals surface area contributed by atoms with Gasteiger partial charge in [0.2, 0.25) is 0 Å². The molecule has 1 rings (SSSR count). The molecule has 1 aromatic rings. The van der Waals surface area contributed by atoms with E-state index in [4.69, 9.17) is 4.74 Å². The number of Topliss-reactive ketones (excluding diaryl/α,β-unsaturated/α-hetero) is 1. The Bertz CT molecular complexity index is 461. The van der Waals surface area contributed by atoms with Crippen LogP contribution in [0.15, 0.2) is 24.3 Å². The Balaban J connectivity index is 3.04. The van der Waals surface area contributed by atoms with Gasteiger partial charge in [-0.3, -0.25) is 10.1 Å². The maximum atomic E-state index is 13.0. The van der Waals surface area contributed by atoms with Crippen molar-refractivity contribution in [3.63, 3.8) is 0 Å². The van der Waals surface area contributed by atoms with Crippen molar-refractivity contribution in [1.29, 1.82) is 0 Å². The minimum Gasteiger partial charge on any atom is -0.497 e. The lowest BCUT2D eigenvalue weighted by Gasteiger charge is -2.29. The predicted molar refractivity (Wildman–Crippen MR) is 70.1 cm³/mol. The van der Waals surface area contributed by atoms with Crippen molar-refractivity contribution in [2.75, 3.05) is 7.11 Å². The van der Waals surface area contributed by atoms with Crippen molar-refractivity contribution in [3.8, 4) is 5.75 Å². The first-order valence-electron chi connectivity index (χ1n) is 6.07. The van der Waals surface area contributed by atoms with Gasteiger partial charge in [0.25, 0.3) is 0 Å². The second-order valence-corrected chi connectivity index (χ2v) is 5.46. The van der Waals surface area contributed by atoms with E-state index in [0.717, 1.165) is 0 Å². The average molecular weight is 289 g/mol. The number of halogens is 3. The molecule has 1 atom stereocenters. The highest BCUT2D eigenvalue weighted by Crippen LogP contribution is 2.25. The molecular formula is C14H18F3NO2. The molecule has 0 bridgehead atoms. The molecule has 0 amide bonds. The molecule has 0 aliphatic heterocycles. The zero-order valence-electron chi connectivity index (χ0n) is 11.8. The van der Waals surface area contributed by atoms with Gasteiger partial charge in [0.15, 0.2) is 11.8 Å². The topological polar surface area (TPSA) is 38.3 Å². The fourth-order valence-electron chi connectivity index (χ4n) is 1.65. The van der Waals surface area contributed by atoms with Crippen LogP contribution in [0.1, 0.15) is 31.1 Å². The van der Waals surface area contributed by atoms with Crippen LogP contribution in [0.25, 0.3) is 0 Å². The summed E-state index contributed by atoms with van der Waals surface area (Å²) in [7, 11) is 1.44. The van der Waals surface area contributed by atoms with Crippen LogP contribution < -0.4 is 10.1 Å².